The molecule has 13 rings (SSSR count). The summed E-state index contributed by atoms with van der Waals surface area (Å²) in [5.74, 6) is 1.87. The molecule has 0 amide bonds. The molecule has 0 spiro atoms. The number of benzene rings is 8. The maximum absolute atomic E-state index is 5.44. The molecule has 0 N–H and O–H groups in total. The Morgan fingerprint density at radius 1 is 0.484 bits per heavy atom. The highest BCUT2D eigenvalue weighted by Gasteiger charge is 2.45. The summed E-state index contributed by atoms with van der Waals surface area (Å²) in [6, 6.07) is 64.6. The van der Waals surface area contributed by atoms with E-state index < -0.39 is 0 Å². The number of para-hydroxylation sites is 1. The van der Waals surface area contributed by atoms with Crippen LogP contribution in [0.3, 0.4) is 0 Å². The van der Waals surface area contributed by atoms with Crippen molar-refractivity contribution in [3.8, 4) is 39.9 Å². The number of fused-ring (bicyclic) bond motifs is 11. The number of nitrogens with zero attached hydrogens (tertiary/aromatic N) is 6. The van der Waals surface area contributed by atoms with E-state index in [-0.39, 0.29) is 11.4 Å². The van der Waals surface area contributed by atoms with Crippen molar-refractivity contribution >= 4 is 82.1 Å². The molecule has 292 valence electrons. The molecule has 2 aliphatic heterocycles. The first-order chi connectivity index (χ1) is 30.7. The number of rotatable bonds is 6. The summed E-state index contributed by atoms with van der Waals surface area (Å²) in [5.41, 5.74) is 10.2. The second kappa shape index (κ2) is 14.1. The van der Waals surface area contributed by atoms with Gasteiger partial charge in [-0.25, -0.2) is 4.98 Å². The molecule has 2 unspecified atom stereocenters. The molecule has 5 heterocycles. The van der Waals surface area contributed by atoms with E-state index in [0.717, 1.165) is 27.1 Å². The lowest BCUT2D eigenvalue weighted by molar-refractivity contribution is 0.752. The summed E-state index contributed by atoms with van der Waals surface area (Å²) < 4.78 is 3.40. The van der Waals surface area contributed by atoms with Gasteiger partial charge >= 0.3 is 0 Å². The monoisotopic (exact) mass is 830 g/mol. The Kier molecular flexibility index (Phi) is 8.04. The van der Waals surface area contributed by atoms with Crippen LogP contribution in [0.5, 0.6) is 0 Å². The van der Waals surface area contributed by atoms with Crippen LogP contribution < -0.4 is 4.90 Å². The number of aliphatic imine (C=N–C) groups is 1. The third-order valence-corrected chi connectivity index (χ3v) is 14.5. The Hall–Kier alpha value is -7.39. The number of thiophene rings is 1. The average Bonchev–Trinajstić information content (AvgIpc) is 4.16. The van der Waals surface area contributed by atoms with Crippen LogP contribution in [0.25, 0.3) is 82.4 Å². The third kappa shape index (κ3) is 5.57. The fourth-order valence-corrected chi connectivity index (χ4v) is 11.7. The second-order valence-corrected chi connectivity index (χ2v) is 17.8. The SMILES string of the molecule is c1ccc(C2=NC3c4c(ccc5cc(-c6ccc7c(c6)c6ccsc6c6ccn(-c8nc(-c9ccccc9)nc(-c9ccccc9)n8)c76)ccc45)N(c4ccccc4)C3S2)cc1. The van der Waals surface area contributed by atoms with E-state index >= 15 is 0 Å². The van der Waals surface area contributed by atoms with E-state index in [1.54, 1.807) is 11.3 Å². The fourth-order valence-electron chi connectivity index (χ4n) is 9.42. The Bertz CT molecular complexity index is 3510. The van der Waals surface area contributed by atoms with Crippen LogP contribution in [-0.4, -0.2) is 29.9 Å². The smallest absolute Gasteiger partial charge is 0.238 e. The lowest BCUT2D eigenvalue weighted by Gasteiger charge is -2.26. The van der Waals surface area contributed by atoms with Gasteiger partial charge in [0.1, 0.15) is 16.5 Å². The molecular weight excluding hydrogens is 797 g/mol. The minimum absolute atomic E-state index is 0.0167. The molecule has 0 aliphatic carbocycles. The number of aromatic nitrogens is 4. The van der Waals surface area contributed by atoms with Crippen molar-refractivity contribution in [3.63, 3.8) is 0 Å². The summed E-state index contributed by atoms with van der Waals surface area (Å²) in [5, 5.41) is 10.7. The Balaban J connectivity index is 0.950. The first kappa shape index (κ1) is 35.4. The standard InChI is InChI=1S/C54H34N6S2/c1-5-13-33(14-6-1)50-56-51(34-15-7-2-8-16-34)58-54(57-50)59-29-27-43-48(59)41-25-22-37(32-44(41)42-28-30-61-49(42)43)36-21-24-40-38(31-36)23-26-45-46(40)47-53(60(45)39-19-11-4-12-20-39)62-52(55-47)35-17-9-3-10-18-35/h1-32,47,53H. The highest BCUT2D eigenvalue weighted by Crippen LogP contribution is 2.56. The van der Waals surface area contributed by atoms with Crippen molar-refractivity contribution < 1.29 is 0 Å². The predicted octanol–water partition coefficient (Wildman–Crippen LogP) is 14.1. The van der Waals surface area contributed by atoms with Gasteiger partial charge in [0, 0.05) is 60.7 Å². The van der Waals surface area contributed by atoms with E-state index in [4.69, 9.17) is 19.9 Å². The molecule has 0 fully saturated rings. The second-order valence-electron chi connectivity index (χ2n) is 15.8. The first-order valence-electron chi connectivity index (χ1n) is 20.8. The summed E-state index contributed by atoms with van der Waals surface area (Å²) in [4.78, 5) is 23.1. The van der Waals surface area contributed by atoms with Crippen LogP contribution in [0, 0.1) is 0 Å². The molecule has 0 saturated carbocycles. The van der Waals surface area contributed by atoms with E-state index in [2.05, 4.69) is 142 Å². The van der Waals surface area contributed by atoms with Gasteiger partial charge in [-0.05, 0) is 75.1 Å². The van der Waals surface area contributed by atoms with Crippen LogP contribution in [0.1, 0.15) is 17.2 Å². The normalized spacial score (nSPS) is 15.7. The number of anilines is 2. The third-order valence-electron chi connectivity index (χ3n) is 12.3. The maximum Gasteiger partial charge on any atom is 0.238 e. The first-order valence-corrected chi connectivity index (χ1v) is 22.5. The number of thioether (sulfide) groups is 1. The Morgan fingerprint density at radius 2 is 1.13 bits per heavy atom. The number of hydrogen-bond acceptors (Lipinski definition) is 7. The van der Waals surface area contributed by atoms with Crippen molar-refractivity contribution in [1.82, 2.24) is 19.5 Å². The van der Waals surface area contributed by atoms with Crippen molar-refractivity contribution in [3.05, 3.63) is 205 Å². The molecule has 2 atom stereocenters. The van der Waals surface area contributed by atoms with Crippen LogP contribution in [0.4, 0.5) is 11.4 Å². The van der Waals surface area contributed by atoms with Gasteiger partial charge in [0.2, 0.25) is 5.95 Å². The topological polar surface area (TPSA) is 59.2 Å². The van der Waals surface area contributed by atoms with Crippen molar-refractivity contribution in [2.45, 2.75) is 11.4 Å². The Morgan fingerprint density at radius 3 is 1.84 bits per heavy atom. The van der Waals surface area contributed by atoms with E-state index in [1.807, 2.05) is 72.4 Å². The van der Waals surface area contributed by atoms with E-state index in [9.17, 15) is 0 Å². The van der Waals surface area contributed by atoms with Gasteiger partial charge in [-0.15, -0.1) is 11.3 Å². The predicted molar refractivity (Wildman–Crippen MR) is 259 cm³/mol. The average molecular weight is 831 g/mol. The lowest BCUT2D eigenvalue weighted by Crippen LogP contribution is -2.24. The molecule has 0 radical (unpaired) electrons. The molecule has 8 aromatic carbocycles. The highest BCUT2D eigenvalue weighted by atomic mass is 32.2. The van der Waals surface area contributed by atoms with Crippen molar-refractivity contribution in [2.75, 3.05) is 4.90 Å². The molecule has 8 heteroatoms. The molecule has 3 aromatic heterocycles. The van der Waals surface area contributed by atoms with Crippen LogP contribution in [0.15, 0.2) is 199 Å². The van der Waals surface area contributed by atoms with Crippen molar-refractivity contribution in [2.24, 2.45) is 4.99 Å². The minimum atomic E-state index is 0.0167. The van der Waals surface area contributed by atoms with Crippen molar-refractivity contribution in [1.29, 1.82) is 0 Å². The molecule has 0 saturated heterocycles. The van der Waals surface area contributed by atoms with Gasteiger partial charge in [0.15, 0.2) is 11.6 Å². The summed E-state index contributed by atoms with van der Waals surface area (Å²) in [6.45, 7) is 0. The minimum Gasteiger partial charge on any atom is -0.326 e. The molecule has 11 aromatic rings. The van der Waals surface area contributed by atoms with Crippen LogP contribution >= 0.6 is 23.1 Å². The van der Waals surface area contributed by atoms with Gasteiger partial charge in [0.25, 0.3) is 0 Å². The lowest BCUT2D eigenvalue weighted by atomic mass is 9.94. The van der Waals surface area contributed by atoms with E-state index in [0.29, 0.717) is 17.6 Å². The number of hydrogen-bond donors (Lipinski definition) is 0. The molecule has 0 bridgehead atoms. The molecule has 2 aliphatic rings. The fraction of sp³-hybridized carbons (Fsp3) is 0.0370. The van der Waals surface area contributed by atoms with Crippen LogP contribution in [0.2, 0.25) is 0 Å². The molecular formula is C54H34N6S2. The summed E-state index contributed by atoms with van der Waals surface area (Å²) in [6.07, 6.45) is 2.11. The zero-order chi connectivity index (χ0) is 40.7. The largest absolute Gasteiger partial charge is 0.326 e. The van der Waals surface area contributed by atoms with Gasteiger partial charge in [-0.2, -0.15) is 9.97 Å². The van der Waals surface area contributed by atoms with Crippen LogP contribution in [-0.2, 0) is 0 Å². The maximum atomic E-state index is 5.44. The Labute approximate surface area is 365 Å². The zero-order valence-electron chi connectivity index (χ0n) is 33.1. The van der Waals surface area contributed by atoms with E-state index in [1.165, 1.54) is 65.3 Å². The summed E-state index contributed by atoms with van der Waals surface area (Å²) >= 11 is 3.65. The van der Waals surface area contributed by atoms with Gasteiger partial charge in [0.05, 0.1) is 5.52 Å². The van der Waals surface area contributed by atoms with Gasteiger partial charge in [-0.3, -0.25) is 9.56 Å². The highest BCUT2D eigenvalue weighted by molar-refractivity contribution is 8.15. The summed E-state index contributed by atoms with van der Waals surface area (Å²) in [7, 11) is 0. The van der Waals surface area contributed by atoms with Gasteiger partial charge < -0.3 is 4.90 Å². The molecule has 6 nitrogen and oxygen atoms in total. The zero-order valence-corrected chi connectivity index (χ0v) is 34.8. The molecule has 62 heavy (non-hydrogen) atoms. The van der Waals surface area contributed by atoms with Gasteiger partial charge in [-0.1, -0.05) is 151 Å². The quantitative estimate of drug-likeness (QED) is 0.167.